The molecule has 2 aliphatic heterocycles. The molecule has 54 heavy (non-hydrogen) atoms. The van der Waals surface area contributed by atoms with E-state index in [-0.39, 0.29) is 35.4 Å². The molecule has 1 saturated carbocycles. The Hall–Kier alpha value is -5.45. The summed E-state index contributed by atoms with van der Waals surface area (Å²) >= 11 is 0. The molecular weight excluding hydrogens is 700 g/mol. The molecule has 4 aromatic heterocycles. The predicted molar refractivity (Wildman–Crippen MR) is 196 cm³/mol. The largest absolute Gasteiger partial charge is 0.370 e. The van der Waals surface area contributed by atoms with E-state index in [1.807, 2.05) is 18.2 Å². The number of hydrogen-bond acceptors (Lipinski definition) is 9. The normalized spacial score (nSPS) is 21.4. The molecule has 0 bridgehead atoms. The summed E-state index contributed by atoms with van der Waals surface area (Å²) in [6.07, 6.45) is 9.21. The summed E-state index contributed by atoms with van der Waals surface area (Å²) in [6.45, 7) is 2.57. The molecule has 0 spiro atoms. The standard InChI is InChI=1S/C37H43F2N11O4/c1-45(23-13-17-47(18-14-23)26-5-3-6-27-32(26)46(2)37(54)50(27)28-11-12-29(51)43-35(28)52)19-22-7-9-24(10-8-22)49-20-25(30(44-49)33(38)39)42-36(53)31-34-40-15-4-16-48(34)21-41-31/h3-6,15-16,20-24,28,33H,7-14,17-19H2,1-2H3,(H,42,53)(H,43,51,52)/t22-,24-,28?. The van der Waals surface area contributed by atoms with Gasteiger partial charge in [0.15, 0.2) is 17.0 Å². The number of nitrogens with zero attached hydrogens (tertiary/aromatic N) is 9. The Labute approximate surface area is 308 Å². The number of alkyl halides is 2. The molecule has 3 aliphatic rings. The van der Waals surface area contributed by atoms with E-state index in [0.29, 0.717) is 29.5 Å². The highest BCUT2D eigenvalue weighted by molar-refractivity contribution is 6.07. The lowest BCUT2D eigenvalue weighted by Crippen LogP contribution is -2.45. The van der Waals surface area contributed by atoms with Gasteiger partial charge in [0.05, 0.1) is 28.5 Å². The predicted octanol–water partition coefficient (Wildman–Crippen LogP) is 4.08. The molecule has 0 radical (unpaired) electrons. The van der Waals surface area contributed by atoms with Crippen LogP contribution in [0.1, 0.15) is 86.1 Å². The van der Waals surface area contributed by atoms with Crippen LogP contribution in [0.15, 0.2) is 54.0 Å². The van der Waals surface area contributed by atoms with Crippen molar-refractivity contribution in [2.24, 2.45) is 13.0 Å². The van der Waals surface area contributed by atoms with E-state index < -0.39 is 30.0 Å². The number of rotatable bonds is 9. The van der Waals surface area contributed by atoms with E-state index in [4.69, 9.17) is 0 Å². The van der Waals surface area contributed by atoms with Crippen molar-refractivity contribution in [3.05, 3.63) is 71.1 Å². The highest BCUT2D eigenvalue weighted by atomic mass is 19.3. The third kappa shape index (κ3) is 6.54. The fourth-order valence-corrected chi connectivity index (χ4v) is 8.63. The van der Waals surface area contributed by atoms with Crippen LogP contribution in [0.25, 0.3) is 16.7 Å². The molecule has 6 heterocycles. The number of imide groups is 1. The minimum Gasteiger partial charge on any atom is -0.370 e. The van der Waals surface area contributed by atoms with Crippen LogP contribution < -0.4 is 21.2 Å². The molecule has 17 heteroatoms. The minimum atomic E-state index is -2.85. The number of anilines is 2. The number of hydrogen-bond donors (Lipinski definition) is 2. The lowest BCUT2D eigenvalue weighted by molar-refractivity contribution is -0.135. The van der Waals surface area contributed by atoms with Crippen LogP contribution in [0.3, 0.4) is 0 Å². The fourth-order valence-electron chi connectivity index (χ4n) is 8.63. The molecule has 1 atom stereocenters. The smallest absolute Gasteiger partial charge is 0.329 e. The molecule has 3 fully saturated rings. The topological polar surface area (TPSA) is 157 Å². The second-order valence-electron chi connectivity index (χ2n) is 14.8. The van der Waals surface area contributed by atoms with Gasteiger partial charge >= 0.3 is 5.69 Å². The number of nitrogens with one attached hydrogen (secondary N) is 2. The summed E-state index contributed by atoms with van der Waals surface area (Å²) in [5.74, 6) is -0.922. The van der Waals surface area contributed by atoms with Gasteiger partial charge in [0.25, 0.3) is 12.3 Å². The number of benzene rings is 1. The summed E-state index contributed by atoms with van der Waals surface area (Å²) in [5.41, 5.74) is 2.05. The highest BCUT2D eigenvalue weighted by Crippen LogP contribution is 2.36. The second-order valence-corrected chi connectivity index (χ2v) is 14.8. The van der Waals surface area contributed by atoms with Crippen LogP contribution in [0.5, 0.6) is 0 Å². The summed E-state index contributed by atoms with van der Waals surface area (Å²) in [6, 6.07) is 7.14. The van der Waals surface area contributed by atoms with Crippen LogP contribution >= 0.6 is 0 Å². The Morgan fingerprint density at radius 2 is 1.81 bits per heavy atom. The molecule has 15 nitrogen and oxygen atoms in total. The average Bonchev–Trinajstić information content (AvgIpc) is 3.87. The third-order valence-corrected chi connectivity index (χ3v) is 11.5. The van der Waals surface area contributed by atoms with Crippen LogP contribution in [0.2, 0.25) is 0 Å². The maximum Gasteiger partial charge on any atom is 0.329 e. The molecule has 1 aliphatic carbocycles. The van der Waals surface area contributed by atoms with Crippen molar-refractivity contribution in [3.8, 4) is 0 Å². The van der Waals surface area contributed by atoms with Gasteiger partial charge in [-0.1, -0.05) is 6.07 Å². The zero-order chi connectivity index (χ0) is 37.7. The van der Waals surface area contributed by atoms with Crippen molar-refractivity contribution in [1.82, 2.24) is 43.5 Å². The van der Waals surface area contributed by atoms with Crippen LogP contribution in [-0.4, -0.2) is 88.6 Å². The first-order chi connectivity index (χ1) is 26.1. The molecule has 1 aromatic carbocycles. The summed E-state index contributed by atoms with van der Waals surface area (Å²) in [7, 11) is 3.90. The first kappa shape index (κ1) is 35.6. The fraction of sp³-hybridized carbons (Fsp3) is 0.486. The number of aromatic nitrogens is 7. The van der Waals surface area contributed by atoms with Gasteiger partial charge in [-0.3, -0.25) is 37.9 Å². The van der Waals surface area contributed by atoms with Crippen molar-refractivity contribution in [2.75, 3.05) is 36.9 Å². The number of fused-ring (bicyclic) bond motifs is 2. The summed E-state index contributed by atoms with van der Waals surface area (Å²) in [5, 5.41) is 9.19. The Balaban J connectivity index is 0.868. The lowest BCUT2D eigenvalue weighted by Gasteiger charge is -2.40. The lowest BCUT2D eigenvalue weighted by atomic mass is 9.85. The summed E-state index contributed by atoms with van der Waals surface area (Å²) < 4.78 is 34.4. The number of aryl methyl sites for hydroxylation is 1. The van der Waals surface area contributed by atoms with Gasteiger partial charge in [0.1, 0.15) is 12.4 Å². The average molecular weight is 744 g/mol. The molecule has 1 unspecified atom stereocenters. The molecule has 3 amide bonds. The molecular formula is C37H43F2N11O4. The highest BCUT2D eigenvalue weighted by Gasteiger charge is 2.34. The molecule has 5 aromatic rings. The van der Waals surface area contributed by atoms with E-state index in [1.165, 1.54) is 23.3 Å². The number of halogens is 2. The quantitative estimate of drug-likeness (QED) is 0.213. The van der Waals surface area contributed by atoms with E-state index in [0.717, 1.165) is 69.4 Å². The molecule has 8 rings (SSSR count). The Bertz CT molecular complexity index is 2280. The Morgan fingerprint density at radius 1 is 1.04 bits per heavy atom. The van der Waals surface area contributed by atoms with E-state index >= 15 is 0 Å². The van der Waals surface area contributed by atoms with Crippen LogP contribution in [-0.2, 0) is 16.6 Å². The van der Waals surface area contributed by atoms with Crippen molar-refractivity contribution in [1.29, 1.82) is 0 Å². The van der Waals surface area contributed by atoms with Gasteiger partial charge in [-0.2, -0.15) is 5.10 Å². The van der Waals surface area contributed by atoms with Crippen molar-refractivity contribution in [2.45, 2.75) is 75.9 Å². The Morgan fingerprint density at radius 3 is 2.56 bits per heavy atom. The van der Waals surface area contributed by atoms with Gasteiger partial charge in [-0.25, -0.2) is 23.5 Å². The third-order valence-electron chi connectivity index (χ3n) is 11.5. The second kappa shape index (κ2) is 14.4. The molecule has 284 valence electrons. The zero-order valence-electron chi connectivity index (χ0n) is 30.2. The number of amides is 3. The monoisotopic (exact) mass is 743 g/mol. The first-order valence-corrected chi connectivity index (χ1v) is 18.5. The number of para-hydroxylation sites is 1. The number of carbonyl (C=O) groups is 3. The minimum absolute atomic E-state index is 0.0226. The number of carbonyl (C=O) groups excluding carboxylic acids is 3. The van der Waals surface area contributed by atoms with Crippen molar-refractivity contribution < 1.29 is 23.2 Å². The van der Waals surface area contributed by atoms with E-state index in [1.54, 1.807) is 33.0 Å². The van der Waals surface area contributed by atoms with Gasteiger partial charge in [0.2, 0.25) is 11.8 Å². The maximum absolute atomic E-state index is 14.0. The number of piperidine rings is 2. The van der Waals surface area contributed by atoms with Gasteiger partial charge < -0.3 is 15.1 Å². The van der Waals surface area contributed by atoms with Gasteiger partial charge in [-0.05, 0) is 76.1 Å². The van der Waals surface area contributed by atoms with E-state index in [9.17, 15) is 28.0 Å². The SMILES string of the molecule is CN(C[C@H]1CC[C@H](n2cc(NC(=O)c3ncn4cccnc34)c(C(F)F)n2)CC1)C1CCN(c2cccc3c2n(C)c(=O)n3C2CCC(=O)NC2=O)CC1. The van der Waals surface area contributed by atoms with E-state index in [2.05, 4.69) is 42.5 Å². The van der Waals surface area contributed by atoms with Crippen LogP contribution in [0, 0.1) is 5.92 Å². The zero-order valence-corrected chi connectivity index (χ0v) is 30.2. The molecule has 2 N–H and O–H groups in total. The van der Waals surface area contributed by atoms with Crippen molar-refractivity contribution in [3.63, 3.8) is 0 Å². The van der Waals surface area contributed by atoms with Gasteiger partial charge in [0, 0.05) is 57.7 Å². The van der Waals surface area contributed by atoms with Crippen molar-refractivity contribution >= 4 is 45.8 Å². The van der Waals surface area contributed by atoms with Gasteiger partial charge in [-0.15, -0.1) is 0 Å². The maximum atomic E-state index is 14.0. The number of imidazole rings is 2. The first-order valence-electron chi connectivity index (χ1n) is 18.5. The van der Waals surface area contributed by atoms with Crippen LogP contribution in [0.4, 0.5) is 20.2 Å². The Kier molecular flexibility index (Phi) is 9.49. The summed E-state index contributed by atoms with van der Waals surface area (Å²) in [4.78, 5) is 63.9. The molecule has 2 saturated heterocycles.